The Balaban J connectivity index is 1.60. The van der Waals surface area contributed by atoms with E-state index in [1.54, 1.807) is 6.20 Å². The first kappa shape index (κ1) is 16.7. The van der Waals surface area contributed by atoms with Crippen molar-refractivity contribution in [1.29, 1.82) is 0 Å². The highest BCUT2D eigenvalue weighted by Crippen LogP contribution is 2.19. The summed E-state index contributed by atoms with van der Waals surface area (Å²) in [5.74, 6) is 0.550. The van der Waals surface area contributed by atoms with Crippen molar-refractivity contribution in [2.24, 2.45) is 5.92 Å². The Hall–Kier alpha value is -2.15. The molecule has 1 saturated heterocycles. The topological polar surface area (TPSA) is 75.9 Å². The highest BCUT2D eigenvalue weighted by molar-refractivity contribution is 6.33. The summed E-state index contributed by atoms with van der Waals surface area (Å²) in [6, 6.07) is 1.88. The fourth-order valence-electron chi connectivity index (χ4n) is 2.73. The maximum Gasteiger partial charge on any atom is 0.271 e. The van der Waals surface area contributed by atoms with Crippen LogP contribution in [0.3, 0.4) is 0 Å². The molecule has 2 aromatic heterocycles. The third kappa shape index (κ3) is 4.03. The Kier molecular flexibility index (Phi) is 5.30. The molecule has 8 heteroatoms. The second kappa shape index (κ2) is 7.61. The molecule has 0 aliphatic carbocycles. The smallest absolute Gasteiger partial charge is 0.271 e. The molecular weight excluding hydrogens is 328 g/mol. The van der Waals surface area contributed by atoms with Gasteiger partial charge in [-0.1, -0.05) is 18.5 Å². The van der Waals surface area contributed by atoms with E-state index in [1.807, 2.05) is 16.9 Å². The Morgan fingerprint density at radius 2 is 2.21 bits per heavy atom. The summed E-state index contributed by atoms with van der Waals surface area (Å²) in [4.78, 5) is 23.1. The lowest BCUT2D eigenvalue weighted by Gasteiger charge is -2.16. The van der Waals surface area contributed by atoms with Crippen molar-refractivity contribution in [1.82, 2.24) is 25.1 Å². The molecule has 0 saturated carbocycles. The third-order valence-electron chi connectivity index (χ3n) is 4.00. The molecule has 1 fully saturated rings. The molecule has 0 unspecified atom stereocenters. The van der Waals surface area contributed by atoms with Crippen LogP contribution in [0.4, 0.5) is 5.95 Å². The average Bonchev–Trinajstić information content (AvgIpc) is 3.26. The molecule has 1 aliphatic heterocycles. The van der Waals surface area contributed by atoms with E-state index in [0.29, 0.717) is 12.5 Å². The zero-order chi connectivity index (χ0) is 16.9. The minimum atomic E-state index is -0.268. The highest BCUT2D eigenvalue weighted by Gasteiger charge is 2.19. The normalized spacial score (nSPS) is 15.5. The lowest BCUT2D eigenvalue weighted by Crippen LogP contribution is -2.31. The van der Waals surface area contributed by atoms with Gasteiger partial charge in [0.15, 0.2) is 5.69 Å². The zero-order valence-corrected chi connectivity index (χ0v) is 14.4. The van der Waals surface area contributed by atoms with Crippen molar-refractivity contribution < 1.29 is 4.79 Å². The summed E-state index contributed by atoms with van der Waals surface area (Å²) >= 11 is 6.11. The molecule has 3 heterocycles. The second-order valence-corrected chi connectivity index (χ2v) is 6.51. The van der Waals surface area contributed by atoms with Gasteiger partial charge in [-0.25, -0.2) is 9.97 Å². The van der Waals surface area contributed by atoms with E-state index in [0.717, 1.165) is 32.5 Å². The summed E-state index contributed by atoms with van der Waals surface area (Å²) in [5, 5.41) is 7.34. The number of nitrogens with zero attached hydrogens (tertiary/aromatic N) is 5. The monoisotopic (exact) mass is 348 g/mol. The minimum Gasteiger partial charge on any atom is -0.350 e. The van der Waals surface area contributed by atoms with Gasteiger partial charge in [0.05, 0.1) is 11.2 Å². The first-order chi connectivity index (χ1) is 11.6. The van der Waals surface area contributed by atoms with Crippen LogP contribution in [0.1, 0.15) is 30.3 Å². The number of hydrogen-bond acceptors (Lipinski definition) is 5. The minimum absolute atomic E-state index is 0.236. The van der Waals surface area contributed by atoms with Crippen LogP contribution in [0.15, 0.2) is 24.7 Å². The quantitative estimate of drug-likeness (QED) is 0.864. The fourth-order valence-corrected chi connectivity index (χ4v) is 2.91. The van der Waals surface area contributed by atoms with Gasteiger partial charge >= 0.3 is 0 Å². The summed E-state index contributed by atoms with van der Waals surface area (Å²) in [7, 11) is 0. The maximum atomic E-state index is 12.4. The predicted octanol–water partition coefficient (Wildman–Crippen LogP) is 1.99. The summed E-state index contributed by atoms with van der Waals surface area (Å²) < 4.78 is 1.85. The summed E-state index contributed by atoms with van der Waals surface area (Å²) in [5.41, 5.74) is 0.236. The van der Waals surface area contributed by atoms with Crippen LogP contribution < -0.4 is 10.2 Å². The number of carbonyl (C=O) groups excluding carboxylic acids is 1. The van der Waals surface area contributed by atoms with E-state index >= 15 is 0 Å². The molecule has 1 atom stereocenters. The lowest BCUT2D eigenvalue weighted by molar-refractivity contribution is 0.0941. The predicted molar refractivity (Wildman–Crippen MR) is 92.2 cm³/mol. The number of hydrogen-bond donors (Lipinski definition) is 1. The zero-order valence-electron chi connectivity index (χ0n) is 13.7. The maximum absolute atomic E-state index is 12.4. The number of carbonyl (C=O) groups is 1. The first-order valence-electron chi connectivity index (χ1n) is 8.16. The average molecular weight is 349 g/mol. The molecule has 7 nitrogen and oxygen atoms in total. The Bertz CT molecular complexity index is 684. The number of nitrogens with one attached hydrogen (secondary N) is 1. The van der Waals surface area contributed by atoms with Crippen molar-refractivity contribution in [3.63, 3.8) is 0 Å². The van der Waals surface area contributed by atoms with Gasteiger partial charge in [0.2, 0.25) is 5.95 Å². The molecule has 0 bridgehead atoms. The molecule has 0 spiro atoms. The molecule has 2 aromatic rings. The van der Waals surface area contributed by atoms with E-state index in [-0.39, 0.29) is 22.5 Å². The van der Waals surface area contributed by atoms with Gasteiger partial charge in [-0.05, 0) is 24.8 Å². The number of amides is 1. The van der Waals surface area contributed by atoms with Crippen LogP contribution in [-0.4, -0.2) is 45.3 Å². The van der Waals surface area contributed by atoms with E-state index < -0.39 is 0 Å². The first-order valence-corrected chi connectivity index (χ1v) is 8.54. The number of aromatic nitrogens is 4. The fraction of sp³-hybridized carbons (Fsp3) is 0.500. The van der Waals surface area contributed by atoms with Crippen molar-refractivity contribution in [2.45, 2.75) is 26.3 Å². The number of rotatable bonds is 6. The Morgan fingerprint density at radius 1 is 1.42 bits per heavy atom. The van der Waals surface area contributed by atoms with Gasteiger partial charge in [-0.15, -0.1) is 0 Å². The molecule has 0 radical (unpaired) electrons. The van der Waals surface area contributed by atoms with Crippen molar-refractivity contribution in [2.75, 3.05) is 24.5 Å². The molecule has 24 heavy (non-hydrogen) atoms. The standard InChI is InChI=1S/C16H21ClN6O/c1-12(11-23-8-4-5-20-23)9-18-15(24)14-13(17)10-19-16(21-14)22-6-2-3-7-22/h4-5,8,10,12H,2-3,6-7,9,11H2,1H3,(H,18,24)/t12-/m0/s1. The number of anilines is 1. The van der Waals surface area contributed by atoms with Crippen LogP contribution in [-0.2, 0) is 6.54 Å². The van der Waals surface area contributed by atoms with Crippen LogP contribution in [0.5, 0.6) is 0 Å². The summed E-state index contributed by atoms with van der Waals surface area (Å²) in [6.07, 6.45) is 7.40. The van der Waals surface area contributed by atoms with Gasteiger partial charge in [0.1, 0.15) is 0 Å². The molecule has 128 valence electrons. The van der Waals surface area contributed by atoms with E-state index in [1.165, 1.54) is 6.20 Å². The van der Waals surface area contributed by atoms with Crippen LogP contribution >= 0.6 is 11.6 Å². The second-order valence-electron chi connectivity index (χ2n) is 6.10. The van der Waals surface area contributed by atoms with E-state index in [2.05, 4.69) is 32.2 Å². The molecule has 1 N–H and O–H groups in total. The van der Waals surface area contributed by atoms with Crippen molar-refractivity contribution in [3.8, 4) is 0 Å². The van der Waals surface area contributed by atoms with E-state index in [9.17, 15) is 4.79 Å². The Labute approximate surface area is 146 Å². The molecule has 1 amide bonds. The van der Waals surface area contributed by atoms with Crippen molar-refractivity contribution in [3.05, 3.63) is 35.4 Å². The van der Waals surface area contributed by atoms with Gasteiger partial charge < -0.3 is 10.2 Å². The summed E-state index contributed by atoms with van der Waals surface area (Å²) in [6.45, 7) is 5.16. The van der Waals surface area contributed by atoms with Crippen LogP contribution in [0.25, 0.3) is 0 Å². The van der Waals surface area contributed by atoms with Gasteiger partial charge in [-0.2, -0.15) is 5.10 Å². The molecular formula is C16H21ClN6O. The van der Waals surface area contributed by atoms with E-state index in [4.69, 9.17) is 11.6 Å². The van der Waals surface area contributed by atoms with Crippen LogP contribution in [0.2, 0.25) is 5.02 Å². The van der Waals surface area contributed by atoms with Gasteiger partial charge in [0.25, 0.3) is 5.91 Å². The number of halogens is 1. The highest BCUT2D eigenvalue weighted by atomic mass is 35.5. The SMILES string of the molecule is C[C@@H](CNC(=O)c1nc(N2CCCC2)ncc1Cl)Cn1cccn1. The lowest BCUT2D eigenvalue weighted by atomic mass is 10.2. The van der Waals surface area contributed by atoms with Gasteiger partial charge in [0, 0.05) is 38.6 Å². The molecule has 3 rings (SSSR count). The molecule has 0 aromatic carbocycles. The molecule has 1 aliphatic rings. The van der Waals surface area contributed by atoms with Crippen molar-refractivity contribution >= 4 is 23.5 Å². The van der Waals surface area contributed by atoms with Gasteiger partial charge in [-0.3, -0.25) is 9.48 Å². The largest absolute Gasteiger partial charge is 0.350 e. The third-order valence-corrected chi connectivity index (χ3v) is 4.28. The van der Waals surface area contributed by atoms with Crippen LogP contribution in [0, 0.1) is 5.92 Å². The Morgan fingerprint density at radius 3 is 2.92 bits per heavy atom.